The molecule has 2 rings (SSSR count). The van der Waals surface area contributed by atoms with Crippen LogP contribution in [-0.4, -0.2) is 34.8 Å². The number of nitrogens with zero attached hydrogens (tertiary/aromatic N) is 2. The Hall–Kier alpha value is -2.09. The highest BCUT2D eigenvalue weighted by Crippen LogP contribution is 2.25. The van der Waals surface area contributed by atoms with Gasteiger partial charge in [-0.2, -0.15) is 4.98 Å². The molecule has 8 heteroatoms. The summed E-state index contributed by atoms with van der Waals surface area (Å²) in [6.07, 6.45) is 0. The first kappa shape index (κ1) is 14.3. The zero-order chi connectivity index (χ0) is 14.5. The van der Waals surface area contributed by atoms with Crippen LogP contribution in [0.2, 0.25) is 0 Å². The molecule has 1 aromatic heterocycles. The summed E-state index contributed by atoms with van der Waals surface area (Å²) in [5, 5.41) is 8.74. The van der Waals surface area contributed by atoms with Crippen molar-refractivity contribution in [1.29, 1.82) is 0 Å². The van der Waals surface area contributed by atoms with Crippen LogP contribution in [0, 0.1) is 6.92 Å². The summed E-state index contributed by atoms with van der Waals surface area (Å²) >= 11 is 3.37. The van der Waals surface area contributed by atoms with Gasteiger partial charge in [0, 0.05) is 0 Å². The van der Waals surface area contributed by atoms with E-state index in [0.29, 0.717) is 5.75 Å². The monoisotopic (exact) mass is 340 g/mol. The molecule has 0 aliphatic heterocycles. The van der Waals surface area contributed by atoms with Crippen LogP contribution in [0.4, 0.5) is 5.95 Å². The largest absolute Gasteiger partial charge is 0.483 e. The molecular weight excluding hydrogens is 328 g/mol. The van der Waals surface area contributed by atoms with Gasteiger partial charge in [0.15, 0.2) is 6.61 Å². The fourth-order valence-corrected chi connectivity index (χ4v) is 2.04. The molecule has 106 valence electrons. The first-order valence-electron chi connectivity index (χ1n) is 5.73. The third-order valence-electron chi connectivity index (χ3n) is 2.35. The van der Waals surface area contributed by atoms with E-state index >= 15 is 0 Å². The van der Waals surface area contributed by atoms with E-state index < -0.39 is 0 Å². The number of methoxy groups -OCH3 is 1. The number of H-pyrrole nitrogens is 1. The van der Waals surface area contributed by atoms with E-state index in [9.17, 15) is 4.79 Å². The number of aromatic nitrogens is 3. The Morgan fingerprint density at radius 1 is 1.50 bits per heavy atom. The quantitative estimate of drug-likeness (QED) is 0.867. The predicted molar refractivity (Wildman–Crippen MR) is 75.9 cm³/mol. The van der Waals surface area contributed by atoms with Crippen LogP contribution in [0.25, 0.3) is 0 Å². The second-order valence-corrected chi connectivity index (χ2v) is 4.80. The van der Waals surface area contributed by atoms with Crippen molar-refractivity contribution in [2.75, 3.05) is 19.0 Å². The smallest absolute Gasteiger partial charge is 0.336 e. The number of amides is 1. The van der Waals surface area contributed by atoms with Crippen molar-refractivity contribution in [2.45, 2.75) is 6.92 Å². The molecule has 0 aliphatic rings. The van der Waals surface area contributed by atoms with E-state index in [0.717, 1.165) is 10.0 Å². The molecule has 0 fully saturated rings. The maximum Gasteiger partial charge on any atom is 0.336 e. The van der Waals surface area contributed by atoms with Gasteiger partial charge in [0.05, 0.1) is 11.6 Å². The van der Waals surface area contributed by atoms with E-state index in [1.54, 1.807) is 6.07 Å². The standard InChI is InChI=1S/C12H13BrN4O3/c1-7-3-4-9(8(13)5-7)20-6-10(18)14-11-15-12(19-2)17-16-11/h3-5H,6H2,1-2H3,(H2,14,15,16,17,18). The van der Waals surface area contributed by atoms with Gasteiger partial charge in [-0.15, -0.1) is 5.10 Å². The lowest BCUT2D eigenvalue weighted by molar-refractivity contribution is -0.118. The number of nitrogens with one attached hydrogen (secondary N) is 2. The number of aryl methyl sites for hydroxylation is 1. The Morgan fingerprint density at radius 3 is 2.95 bits per heavy atom. The number of hydrogen-bond acceptors (Lipinski definition) is 5. The van der Waals surface area contributed by atoms with Gasteiger partial charge in [-0.05, 0) is 40.5 Å². The maximum absolute atomic E-state index is 11.7. The van der Waals surface area contributed by atoms with Crippen LogP contribution >= 0.6 is 15.9 Å². The third kappa shape index (κ3) is 3.70. The minimum Gasteiger partial charge on any atom is -0.483 e. The van der Waals surface area contributed by atoms with Crippen molar-refractivity contribution in [3.63, 3.8) is 0 Å². The molecule has 0 aliphatic carbocycles. The molecular formula is C12H13BrN4O3. The number of halogens is 1. The fraction of sp³-hybridized carbons (Fsp3) is 0.250. The number of rotatable bonds is 5. The second kappa shape index (κ2) is 6.38. The number of benzene rings is 1. The predicted octanol–water partition coefficient (Wildman–Crippen LogP) is 1.90. The van der Waals surface area contributed by atoms with Gasteiger partial charge in [0.1, 0.15) is 5.75 Å². The molecule has 7 nitrogen and oxygen atoms in total. The number of ether oxygens (including phenoxy) is 2. The summed E-state index contributed by atoms with van der Waals surface area (Å²) < 4.78 is 11.0. The zero-order valence-corrected chi connectivity index (χ0v) is 12.5. The molecule has 0 saturated carbocycles. The van der Waals surface area contributed by atoms with Crippen LogP contribution in [0.1, 0.15) is 5.56 Å². The van der Waals surface area contributed by atoms with Crippen molar-refractivity contribution in [2.24, 2.45) is 0 Å². The van der Waals surface area contributed by atoms with Crippen LogP contribution < -0.4 is 14.8 Å². The molecule has 0 atom stereocenters. The van der Waals surface area contributed by atoms with Gasteiger partial charge < -0.3 is 9.47 Å². The summed E-state index contributed by atoms with van der Waals surface area (Å²) in [6.45, 7) is 1.84. The average Bonchev–Trinajstić information content (AvgIpc) is 2.85. The van der Waals surface area contributed by atoms with Crippen molar-refractivity contribution in [3.05, 3.63) is 28.2 Å². The lowest BCUT2D eigenvalue weighted by Crippen LogP contribution is -2.21. The number of aromatic amines is 1. The van der Waals surface area contributed by atoms with Crippen molar-refractivity contribution in [3.8, 4) is 11.8 Å². The Bertz CT molecular complexity index is 614. The number of hydrogen-bond donors (Lipinski definition) is 2. The summed E-state index contributed by atoms with van der Waals surface area (Å²) in [6, 6.07) is 5.76. The Kier molecular flexibility index (Phi) is 4.57. The van der Waals surface area contributed by atoms with Crippen LogP contribution in [0.15, 0.2) is 22.7 Å². The molecule has 0 radical (unpaired) electrons. The summed E-state index contributed by atoms with van der Waals surface area (Å²) in [5.41, 5.74) is 1.10. The number of anilines is 1. The topological polar surface area (TPSA) is 89.1 Å². The van der Waals surface area contributed by atoms with E-state index in [1.165, 1.54) is 7.11 Å². The van der Waals surface area contributed by atoms with Crippen LogP contribution in [0.3, 0.4) is 0 Å². The summed E-state index contributed by atoms with van der Waals surface area (Å²) in [7, 11) is 1.44. The van der Waals surface area contributed by atoms with Gasteiger partial charge in [-0.3, -0.25) is 10.1 Å². The zero-order valence-electron chi connectivity index (χ0n) is 10.9. The highest BCUT2D eigenvalue weighted by atomic mass is 79.9. The normalized spacial score (nSPS) is 10.2. The molecule has 0 unspecified atom stereocenters. The van der Waals surface area contributed by atoms with Gasteiger partial charge in [-0.25, -0.2) is 5.10 Å². The summed E-state index contributed by atoms with van der Waals surface area (Å²) in [4.78, 5) is 15.5. The SMILES string of the molecule is COc1n[nH]c(NC(=O)COc2ccc(C)cc2Br)n1. The van der Waals surface area contributed by atoms with Crippen molar-refractivity contribution in [1.82, 2.24) is 15.2 Å². The van der Waals surface area contributed by atoms with E-state index in [1.807, 2.05) is 19.1 Å². The number of carbonyl (C=O) groups is 1. The first-order chi connectivity index (χ1) is 9.58. The molecule has 1 amide bonds. The third-order valence-corrected chi connectivity index (χ3v) is 2.97. The minimum absolute atomic E-state index is 0.134. The Morgan fingerprint density at radius 2 is 2.30 bits per heavy atom. The highest BCUT2D eigenvalue weighted by Gasteiger charge is 2.09. The Labute approximate surface area is 123 Å². The molecule has 2 N–H and O–H groups in total. The molecule has 0 bridgehead atoms. The van der Waals surface area contributed by atoms with Gasteiger partial charge >= 0.3 is 6.01 Å². The van der Waals surface area contributed by atoms with E-state index in [-0.39, 0.29) is 24.5 Å². The summed E-state index contributed by atoms with van der Waals surface area (Å²) in [5.74, 6) is 0.454. The molecule has 20 heavy (non-hydrogen) atoms. The van der Waals surface area contributed by atoms with Crippen LogP contribution in [0.5, 0.6) is 11.8 Å². The molecule has 0 spiro atoms. The lowest BCUT2D eigenvalue weighted by Gasteiger charge is -2.08. The van der Waals surface area contributed by atoms with E-state index in [4.69, 9.17) is 9.47 Å². The average molecular weight is 341 g/mol. The van der Waals surface area contributed by atoms with E-state index in [2.05, 4.69) is 36.4 Å². The van der Waals surface area contributed by atoms with Crippen molar-refractivity contribution >= 4 is 27.8 Å². The van der Waals surface area contributed by atoms with Gasteiger partial charge in [-0.1, -0.05) is 6.07 Å². The molecule has 0 saturated heterocycles. The second-order valence-electron chi connectivity index (χ2n) is 3.94. The highest BCUT2D eigenvalue weighted by molar-refractivity contribution is 9.10. The van der Waals surface area contributed by atoms with Gasteiger partial charge in [0.25, 0.3) is 5.91 Å². The first-order valence-corrected chi connectivity index (χ1v) is 6.53. The van der Waals surface area contributed by atoms with Crippen LogP contribution in [-0.2, 0) is 4.79 Å². The fourth-order valence-electron chi connectivity index (χ4n) is 1.43. The Balaban J connectivity index is 1.88. The van der Waals surface area contributed by atoms with Crippen molar-refractivity contribution < 1.29 is 14.3 Å². The molecule has 2 aromatic rings. The molecule has 1 aromatic carbocycles. The lowest BCUT2D eigenvalue weighted by atomic mass is 10.2. The maximum atomic E-state index is 11.7. The minimum atomic E-state index is -0.351. The van der Waals surface area contributed by atoms with Gasteiger partial charge in [0.2, 0.25) is 5.95 Å². The number of carbonyl (C=O) groups excluding carboxylic acids is 1. The molecule has 1 heterocycles.